The predicted octanol–water partition coefficient (Wildman–Crippen LogP) is 2.42. The summed E-state index contributed by atoms with van der Waals surface area (Å²) >= 11 is 1.41. The van der Waals surface area contributed by atoms with Gasteiger partial charge in [-0.3, -0.25) is 4.79 Å². The number of thiazole rings is 1. The van der Waals surface area contributed by atoms with Gasteiger partial charge in [-0.25, -0.2) is 4.98 Å². The van der Waals surface area contributed by atoms with Crippen LogP contribution in [0.15, 0.2) is 29.6 Å². The van der Waals surface area contributed by atoms with Crippen molar-refractivity contribution in [1.29, 1.82) is 0 Å². The van der Waals surface area contributed by atoms with Crippen LogP contribution in [0, 0.1) is 0 Å². The lowest BCUT2D eigenvalue weighted by Gasteiger charge is -2.26. The summed E-state index contributed by atoms with van der Waals surface area (Å²) in [6, 6.07) is 7.59. The number of fused-ring (bicyclic) bond motifs is 1. The number of ether oxygens (including phenoxy) is 1. The second-order valence-corrected chi connectivity index (χ2v) is 5.95. The third-order valence-corrected chi connectivity index (χ3v) is 4.45. The first-order valence-electron chi connectivity index (χ1n) is 6.88. The van der Waals surface area contributed by atoms with Crippen LogP contribution in [0.2, 0.25) is 0 Å². The fourth-order valence-electron chi connectivity index (χ4n) is 2.33. The maximum atomic E-state index is 12.3. The minimum absolute atomic E-state index is 0.0390. The summed E-state index contributed by atoms with van der Waals surface area (Å²) in [7, 11) is 0. The van der Waals surface area contributed by atoms with Gasteiger partial charge in [0.2, 0.25) is 0 Å². The number of carbonyl (C=O) groups is 1. The molecule has 21 heavy (non-hydrogen) atoms. The van der Waals surface area contributed by atoms with E-state index in [4.69, 9.17) is 10.5 Å². The van der Waals surface area contributed by atoms with Crippen molar-refractivity contribution >= 4 is 17.2 Å². The molecule has 0 aliphatic carbocycles. The van der Waals surface area contributed by atoms with E-state index in [0.29, 0.717) is 12.3 Å². The minimum atomic E-state index is -0.167. The highest BCUT2D eigenvalue weighted by Crippen LogP contribution is 2.31. The second-order valence-electron chi connectivity index (χ2n) is 5.06. The number of carbonyl (C=O) groups excluding carboxylic acids is 1. The summed E-state index contributed by atoms with van der Waals surface area (Å²) in [6.07, 6.45) is 0.757. The summed E-state index contributed by atoms with van der Waals surface area (Å²) in [4.78, 5) is 16.6. The van der Waals surface area contributed by atoms with E-state index in [0.717, 1.165) is 22.7 Å². The Morgan fingerprint density at radius 1 is 1.52 bits per heavy atom. The Balaban J connectivity index is 1.76. The van der Waals surface area contributed by atoms with E-state index in [1.165, 1.54) is 11.3 Å². The van der Waals surface area contributed by atoms with Crippen molar-refractivity contribution in [1.82, 2.24) is 10.3 Å². The van der Waals surface area contributed by atoms with E-state index < -0.39 is 0 Å². The lowest BCUT2D eigenvalue weighted by Crippen LogP contribution is -2.32. The highest BCUT2D eigenvalue weighted by atomic mass is 32.1. The zero-order valence-corrected chi connectivity index (χ0v) is 12.5. The van der Waals surface area contributed by atoms with Gasteiger partial charge in [-0.15, -0.1) is 11.3 Å². The van der Waals surface area contributed by atoms with Gasteiger partial charge in [0.1, 0.15) is 16.5 Å². The molecule has 6 heteroatoms. The Hall–Kier alpha value is -1.92. The van der Waals surface area contributed by atoms with Gasteiger partial charge in [-0.2, -0.15) is 0 Å². The fourth-order valence-corrected chi connectivity index (χ4v) is 3.08. The van der Waals surface area contributed by atoms with Crippen LogP contribution >= 0.6 is 11.3 Å². The van der Waals surface area contributed by atoms with Gasteiger partial charge in [-0.05, 0) is 13.0 Å². The molecule has 2 atom stereocenters. The first-order valence-corrected chi connectivity index (χ1v) is 7.76. The Kier molecular flexibility index (Phi) is 3.90. The van der Waals surface area contributed by atoms with Crippen molar-refractivity contribution in [3.63, 3.8) is 0 Å². The molecular weight excluding hydrogens is 286 g/mol. The van der Waals surface area contributed by atoms with E-state index in [9.17, 15) is 4.79 Å². The maximum absolute atomic E-state index is 12.3. The molecular formula is C15H17N3O2S. The Morgan fingerprint density at radius 3 is 3.10 bits per heavy atom. The molecule has 1 aliphatic heterocycles. The van der Waals surface area contributed by atoms with Crippen molar-refractivity contribution in [2.75, 3.05) is 6.61 Å². The summed E-state index contributed by atoms with van der Waals surface area (Å²) in [6.45, 7) is 2.46. The number of benzene rings is 1. The summed E-state index contributed by atoms with van der Waals surface area (Å²) < 4.78 is 5.60. The minimum Gasteiger partial charge on any atom is -0.493 e. The van der Waals surface area contributed by atoms with Gasteiger partial charge in [0, 0.05) is 17.4 Å². The number of nitrogens with two attached hydrogens (primary N) is 1. The Morgan fingerprint density at radius 2 is 2.33 bits per heavy atom. The molecule has 110 valence electrons. The van der Waals surface area contributed by atoms with Crippen LogP contribution in [-0.2, 0) is 0 Å². The average molecular weight is 303 g/mol. The molecule has 0 saturated carbocycles. The molecule has 3 N–H and O–H groups in total. The smallest absolute Gasteiger partial charge is 0.271 e. The third-order valence-electron chi connectivity index (χ3n) is 3.41. The SMILES string of the molecule is CC(N)c1nc(C(=O)NC2CCOc3ccccc32)cs1. The number of hydrogen-bond acceptors (Lipinski definition) is 5. The van der Waals surface area contributed by atoms with Crippen LogP contribution in [-0.4, -0.2) is 17.5 Å². The molecule has 1 aliphatic rings. The fraction of sp³-hybridized carbons (Fsp3) is 0.333. The normalized spacial score (nSPS) is 18.5. The molecule has 5 nitrogen and oxygen atoms in total. The number of nitrogens with zero attached hydrogens (tertiary/aromatic N) is 1. The van der Waals surface area contributed by atoms with E-state index in [1.807, 2.05) is 31.2 Å². The zero-order valence-electron chi connectivity index (χ0n) is 11.7. The first kappa shape index (κ1) is 14.0. The lowest BCUT2D eigenvalue weighted by atomic mass is 10.0. The molecule has 2 heterocycles. The van der Waals surface area contributed by atoms with Crippen molar-refractivity contribution < 1.29 is 9.53 Å². The van der Waals surface area contributed by atoms with Crippen molar-refractivity contribution in [2.45, 2.75) is 25.4 Å². The quantitative estimate of drug-likeness (QED) is 0.913. The molecule has 1 aromatic carbocycles. The molecule has 1 amide bonds. The number of nitrogens with one attached hydrogen (secondary N) is 1. The van der Waals surface area contributed by atoms with Gasteiger partial charge in [0.05, 0.1) is 18.7 Å². The molecule has 0 radical (unpaired) electrons. The van der Waals surface area contributed by atoms with Crippen molar-refractivity contribution in [3.05, 3.63) is 45.9 Å². The highest BCUT2D eigenvalue weighted by molar-refractivity contribution is 7.09. The lowest BCUT2D eigenvalue weighted by molar-refractivity contribution is 0.0920. The topological polar surface area (TPSA) is 77.2 Å². The van der Waals surface area contributed by atoms with E-state index in [-0.39, 0.29) is 18.0 Å². The highest BCUT2D eigenvalue weighted by Gasteiger charge is 2.24. The van der Waals surface area contributed by atoms with Crippen molar-refractivity contribution in [2.24, 2.45) is 5.73 Å². The monoisotopic (exact) mass is 303 g/mol. The summed E-state index contributed by atoms with van der Waals surface area (Å²) in [5.74, 6) is 0.670. The summed E-state index contributed by atoms with van der Waals surface area (Å²) in [5.41, 5.74) is 7.22. The molecule has 0 saturated heterocycles. The van der Waals surface area contributed by atoms with Crippen LogP contribution in [0.5, 0.6) is 5.75 Å². The summed E-state index contributed by atoms with van der Waals surface area (Å²) in [5, 5.41) is 5.55. The number of para-hydroxylation sites is 1. The van der Waals surface area contributed by atoms with Crippen LogP contribution in [0.25, 0.3) is 0 Å². The molecule has 1 aromatic heterocycles. The standard InChI is InChI=1S/C15H17N3O2S/c1-9(16)15-18-12(8-21-15)14(19)17-11-6-7-20-13-5-3-2-4-10(11)13/h2-5,8-9,11H,6-7,16H2,1H3,(H,17,19). The third kappa shape index (κ3) is 2.91. The van der Waals surface area contributed by atoms with Crippen LogP contribution < -0.4 is 15.8 Å². The molecule has 3 rings (SSSR count). The number of rotatable bonds is 3. The number of hydrogen-bond donors (Lipinski definition) is 2. The van der Waals surface area contributed by atoms with Gasteiger partial charge in [0.15, 0.2) is 0 Å². The zero-order chi connectivity index (χ0) is 14.8. The average Bonchev–Trinajstić information content (AvgIpc) is 2.98. The van der Waals surface area contributed by atoms with Gasteiger partial charge in [0.25, 0.3) is 5.91 Å². The molecule has 2 aromatic rings. The maximum Gasteiger partial charge on any atom is 0.271 e. The van der Waals surface area contributed by atoms with Crippen LogP contribution in [0.4, 0.5) is 0 Å². The first-order chi connectivity index (χ1) is 10.1. The number of amides is 1. The van der Waals surface area contributed by atoms with E-state index >= 15 is 0 Å². The van der Waals surface area contributed by atoms with Crippen LogP contribution in [0.3, 0.4) is 0 Å². The van der Waals surface area contributed by atoms with E-state index in [2.05, 4.69) is 10.3 Å². The predicted molar refractivity (Wildman–Crippen MR) is 81.5 cm³/mol. The molecule has 0 spiro atoms. The van der Waals surface area contributed by atoms with Gasteiger partial charge in [-0.1, -0.05) is 18.2 Å². The second kappa shape index (κ2) is 5.83. The Bertz CT molecular complexity index is 654. The molecule has 0 bridgehead atoms. The van der Waals surface area contributed by atoms with Gasteiger partial charge >= 0.3 is 0 Å². The largest absolute Gasteiger partial charge is 0.493 e. The van der Waals surface area contributed by atoms with Gasteiger partial charge < -0.3 is 15.8 Å². The van der Waals surface area contributed by atoms with E-state index in [1.54, 1.807) is 5.38 Å². The van der Waals surface area contributed by atoms with Crippen molar-refractivity contribution in [3.8, 4) is 5.75 Å². The molecule has 0 fully saturated rings. The Labute approximate surface area is 127 Å². The van der Waals surface area contributed by atoms with Crippen LogP contribution in [0.1, 0.15) is 46.5 Å². The number of aromatic nitrogens is 1. The molecule has 2 unspecified atom stereocenters.